The summed E-state index contributed by atoms with van der Waals surface area (Å²) >= 11 is 1.79. The minimum absolute atomic E-state index is 0.137. The number of amides is 1. The molecule has 0 atom stereocenters. The topological polar surface area (TPSA) is 84.8 Å². The molecule has 32 heavy (non-hydrogen) atoms. The molecular formula is C24H37N3O4S. The summed E-state index contributed by atoms with van der Waals surface area (Å²) in [5, 5.41) is 9.19. The highest BCUT2D eigenvalue weighted by atomic mass is 32.1. The highest BCUT2D eigenvalue weighted by Crippen LogP contribution is 2.40. The third kappa shape index (κ3) is 6.32. The van der Waals surface area contributed by atoms with Gasteiger partial charge in [-0.2, -0.15) is 0 Å². The number of thiophene rings is 1. The second-order valence-corrected chi connectivity index (χ2v) is 11.0. The van der Waals surface area contributed by atoms with Crippen molar-refractivity contribution in [3.05, 3.63) is 16.8 Å². The van der Waals surface area contributed by atoms with Crippen molar-refractivity contribution in [1.82, 2.24) is 14.9 Å². The molecule has 0 spiro atoms. The second kappa shape index (κ2) is 10.3. The van der Waals surface area contributed by atoms with E-state index >= 15 is 0 Å². The predicted octanol–water partition coefficient (Wildman–Crippen LogP) is 5.12. The molecule has 0 saturated heterocycles. The molecule has 0 aliphatic heterocycles. The number of ether oxygens (including phenoxy) is 2. The maximum Gasteiger partial charge on any atom is 0.410 e. The third-order valence-electron chi connectivity index (χ3n) is 5.62. The number of carbonyl (C=O) groups is 1. The predicted molar refractivity (Wildman–Crippen MR) is 127 cm³/mol. The molecule has 1 N–H and O–H groups in total. The van der Waals surface area contributed by atoms with Crippen LogP contribution < -0.4 is 4.74 Å². The van der Waals surface area contributed by atoms with Crippen LogP contribution in [0.25, 0.3) is 10.2 Å². The van der Waals surface area contributed by atoms with Crippen LogP contribution in [0.4, 0.5) is 4.79 Å². The molecule has 2 heterocycles. The van der Waals surface area contributed by atoms with Crippen LogP contribution in [0.15, 0.2) is 6.33 Å². The molecule has 8 heteroatoms. The van der Waals surface area contributed by atoms with Gasteiger partial charge < -0.3 is 19.5 Å². The van der Waals surface area contributed by atoms with Crippen LogP contribution in [0.3, 0.4) is 0 Å². The molecule has 0 unspecified atom stereocenters. The summed E-state index contributed by atoms with van der Waals surface area (Å²) in [6.45, 7) is 9.13. The Morgan fingerprint density at radius 3 is 2.47 bits per heavy atom. The Hall–Kier alpha value is -1.93. The number of fused-ring (bicyclic) bond motifs is 3. The van der Waals surface area contributed by atoms with Crippen molar-refractivity contribution in [2.24, 2.45) is 0 Å². The number of hydrogen-bond acceptors (Lipinski definition) is 7. The van der Waals surface area contributed by atoms with E-state index in [0.29, 0.717) is 0 Å². The zero-order chi connectivity index (χ0) is 23.5. The van der Waals surface area contributed by atoms with Crippen LogP contribution in [0.1, 0.15) is 77.2 Å². The fourth-order valence-electron chi connectivity index (χ4n) is 4.18. The molecule has 2 aromatic heterocycles. The van der Waals surface area contributed by atoms with E-state index in [9.17, 15) is 4.79 Å². The Morgan fingerprint density at radius 1 is 1.19 bits per heavy atom. The second-order valence-electron chi connectivity index (χ2n) is 9.95. The zero-order valence-electron chi connectivity index (χ0n) is 20.2. The van der Waals surface area contributed by atoms with Crippen molar-refractivity contribution in [3.8, 4) is 5.88 Å². The number of nitrogens with zero attached hydrogens (tertiary/aromatic N) is 3. The SMILES string of the molecule is CC(C)O.CN(C(=O)OC(C)(C)C)C1CCC(Oc2ncnc3sc4c(c23)CCC4)CC1. The molecule has 0 aromatic carbocycles. The Balaban J connectivity index is 0.000000668. The average Bonchev–Trinajstić information content (AvgIpc) is 3.27. The number of rotatable bonds is 3. The van der Waals surface area contributed by atoms with Crippen LogP contribution in [-0.2, 0) is 17.6 Å². The first-order valence-electron chi connectivity index (χ1n) is 11.6. The quantitative estimate of drug-likeness (QED) is 0.680. The van der Waals surface area contributed by atoms with Crippen LogP contribution in [0.2, 0.25) is 0 Å². The molecule has 1 amide bonds. The Morgan fingerprint density at radius 2 is 1.84 bits per heavy atom. The third-order valence-corrected chi connectivity index (χ3v) is 6.82. The summed E-state index contributed by atoms with van der Waals surface area (Å²) in [6.07, 6.45) is 8.46. The number of aromatic nitrogens is 2. The van der Waals surface area contributed by atoms with E-state index in [4.69, 9.17) is 14.6 Å². The van der Waals surface area contributed by atoms with Crippen LogP contribution in [-0.4, -0.2) is 57.0 Å². The summed E-state index contributed by atoms with van der Waals surface area (Å²) in [5.74, 6) is 0.744. The van der Waals surface area contributed by atoms with Crippen molar-refractivity contribution < 1.29 is 19.4 Å². The van der Waals surface area contributed by atoms with Crippen molar-refractivity contribution in [2.75, 3.05) is 7.05 Å². The maximum absolute atomic E-state index is 12.3. The van der Waals surface area contributed by atoms with Gasteiger partial charge in [0.1, 0.15) is 22.9 Å². The molecule has 1 saturated carbocycles. The molecule has 0 radical (unpaired) electrons. The first-order valence-corrected chi connectivity index (χ1v) is 12.4. The lowest BCUT2D eigenvalue weighted by Crippen LogP contribution is -2.43. The Bertz CT molecular complexity index is 911. The molecule has 7 nitrogen and oxygen atoms in total. The number of aliphatic hydroxyl groups excluding tert-OH is 1. The Labute approximate surface area is 195 Å². The largest absolute Gasteiger partial charge is 0.474 e. The molecule has 2 aliphatic carbocycles. The summed E-state index contributed by atoms with van der Waals surface area (Å²) in [4.78, 5) is 25.5. The summed E-state index contributed by atoms with van der Waals surface area (Å²) in [5.41, 5.74) is 0.930. The minimum Gasteiger partial charge on any atom is -0.474 e. The standard InChI is InChI=1S/C21H29N3O3S.C3H8O/c1-21(2,3)27-20(25)24(4)13-8-10-14(11-9-13)26-18-17-15-6-5-7-16(15)28-19(17)23-12-22-18;1-3(2)4/h12-14H,5-11H2,1-4H3;3-4H,1-2H3. The van der Waals surface area contributed by atoms with Gasteiger partial charge in [0.2, 0.25) is 5.88 Å². The molecule has 178 valence electrons. The van der Waals surface area contributed by atoms with E-state index in [2.05, 4.69) is 9.97 Å². The smallest absolute Gasteiger partial charge is 0.410 e. The molecule has 0 bridgehead atoms. The van der Waals surface area contributed by atoms with Crippen molar-refractivity contribution in [3.63, 3.8) is 0 Å². The van der Waals surface area contributed by atoms with Gasteiger partial charge in [0.25, 0.3) is 0 Å². The van der Waals surface area contributed by atoms with E-state index in [1.54, 1.807) is 36.4 Å². The van der Waals surface area contributed by atoms with Gasteiger partial charge in [0.05, 0.1) is 5.39 Å². The normalized spacial score (nSPS) is 20.5. The maximum atomic E-state index is 12.3. The molecule has 2 aromatic rings. The van der Waals surface area contributed by atoms with Gasteiger partial charge in [0.15, 0.2) is 0 Å². The lowest BCUT2D eigenvalue weighted by molar-refractivity contribution is 0.0137. The van der Waals surface area contributed by atoms with Gasteiger partial charge >= 0.3 is 6.09 Å². The van der Waals surface area contributed by atoms with Gasteiger partial charge in [-0.3, -0.25) is 0 Å². The fourth-order valence-corrected chi connectivity index (χ4v) is 5.40. The number of aliphatic hydroxyl groups is 1. The lowest BCUT2D eigenvalue weighted by Gasteiger charge is -2.35. The summed E-state index contributed by atoms with van der Waals surface area (Å²) in [7, 11) is 1.84. The number of hydrogen-bond donors (Lipinski definition) is 1. The van der Waals surface area contributed by atoms with Crippen molar-refractivity contribution in [1.29, 1.82) is 0 Å². The molecule has 4 rings (SSSR count). The first kappa shape index (κ1) is 24.7. The fraction of sp³-hybridized carbons (Fsp3) is 0.708. The number of aryl methyl sites for hydroxylation is 2. The zero-order valence-corrected chi connectivity index (χ0v) is 21.0. The van der Waals surface area contributed by atoms with Gasteiger partial charge in [-0.05, 0) is 85.1 Å². The van der Waals surface area contributed by atoms with Gasteiger partial charge in [0, 0.05) is 24.1 Å². The highest BCUT2D eigenvalue weighted by Gasteiger charge is 2.31. The van der Waals surface area contributed by atoms with Crippen LogP contribution in [0, 0.1) is 0 Å². The highest BCUT2D eigenvalue weighted by molar-refractivity contribution is 7.18. The molecule has 1 fully saturated rings. The van der Waals surface area contributed by atoms with E-state index in [1.165, 1.54) is 16.9 Å². The van der Waals surface area contributed by atoms with E-state index < -0.39 is 5.60 Å². The Kier molecular flexibility index (Phi) is 7.98. The van der Waals surface area contributed by atoms with Crippen molar-refractivity contribution >= 4 is 27.6 Å². The average molecular weight is 464 g/mol. The minimum atomic E-state index is -0.467. The molecule has 2 aliphatic rings. The van der Waals surface area contributed by atoms with Crippen molar-refractivity contribution in [2.45, 2.75) is 103 Å². The van der Waals surface area contributed by atoms with Crippen LogP contribution >= 0.6 is 11.3 Å². The van der Waals surface area contributed by atoms with Gasteiger partial charge in [-0.25, -0.2) is 14.8 Å². The van der Waals surface area contributed by atoms with Gasteiger partial charge in [-0.1, -0.05) is 0 Å². The summed E-state index contributed by atoms with van der Waals surface area (Å²) in [6, 6.07) is 0.200. The first-order chi connectivity index (χ1) is 15.0. The lowest BCUT2D eigenvalue weighted by atomic mass is 9.92. The van der Waals surface area contributed by atoms with E-state index in [1.807, 2.05) is 27.8 Å². The molecular weight excluding hydrogens is 426 g/mol. The van der Waals surface area contributed by atoms with E-state index in [-0.39, 0.29) is 24.3 Å². The van der Waals surface area contributed by atoms with Crippen LogP contribution in [0.5, 0.6) is 5.88 Å². The number of carbonyl (C=O) groups excluding carboxylic acids is 1. The monoisotopic (exact) mass is 463 g/mol. The summed E-state index contributed by atoms with van der Waals surface area (Å²) < 4.78 is 11.8. The van der Waals surface area contributed by atoms with Gasteiger partial charge in [-0.15, -0.1) is 11.3 Å². The van der Waals surface area contributed by atoms with E-state index in [0.717, 1.165) is 54.6 Å².